The molecule has 0 aliphatic carbocycles. The van der Waals surface area contributed by atoms with E-state index in [0.29, 0.717) is 6.54 Å². The average molecular weight is 187 g/mol. The summed E-state index contributed by atoms with van der Waals surface area (Å²) in [6.07, 6.45) is -0.559. The molecule has 62 valence electrons. The number of rotatable bonds is 4. The van der Waals surface area contributed by atoms with Crippen LogP contribution in [0.3, 0.4) is 0 Å². The van der Waals surface area contributed by atoms with Gasteiger partial charge in [-0.3, -0.25) is 0 Å². The molecule has 0 saturated carbocycles. The van der Waals surface area contributed by atoms with Crippen LogP contribution in [0.4, 0.5) is 0 Å². The van der Waals surface area contributed by atoms with Crippen molar-refractivity contribution in [2.75, 3.05) is 6.54 Å². The van der Waals surface area contributed by atoms with Gasteiger partial charge in [-0.1, -0.05) is 0 Å². The quantitative estimate of drug-likeness (QED) is 0.565. The molecule has 0 saturated heterocycles. The Morgan fingerprint density at radius 3 is 2.20 bits per heavy atom. The van der Waals surface area contributed by atoms with Crippen molar-refractivity contribution in [2.24, 2.45) is 0 Å². The SMILES string of the molecule is CC(O)C(C)(CNCl)NCl. The highest BCUT2D eigenvalue weighted by atomic mass is 35.5. The van der Waals surface area contributed by atoms with Crippen LogP contribution in [0.1, 0.15) is 13.8 Å². The molecule has 0 spiro atoms. The molecule has 0 aliphatic heterocycles. The van der Waals surface area contributed by atoms with Crippen molar-refractivity contribution in [1.82, 2.24) is 9.67 Å². The van der Waals surface area contributed by atoms with E-state index in [-0.39, 0.29) is 0 Å². The minimum Gasteiger partial charge on any atom is -0.391 e. The average Bonchev–Trinajstić information content (AvgIpc) is 1.88. The fraction of sp³-hybridized carbons (Fsp3) is 1.00. The standard InChI is InChI=1S/C5H12Cl2N2O/c1-4(10)5(2,9-7)3-8-6/h4,8-10H,3H2,1-2H3. The first-order valence-corrected chi connectivity index (χ1v) is 3.72. The van der Waals surface area contributed by atoms with Crippen molar-refractivity contribution in [3.63, 3.8) is 0 Å². The lowest BCUT2D eigenvalue weighted by Gasteiger charge is -2.29. The zero-order chi connectivity index (χ0) is 8.20. The van der Waals surface area contributed by atoms with Crippen LogP contribution in [0.5, 0.6) is 0 Å². The van der Waals surface area contributed by atoms with Gasteiger partial charge in [-0.15, -0.1) is 0 Å². The van der Waals surface area contributed by atoms with Gasteiger partial charge in [-0.25, -0.2) is 9.67 Å². The van der Waals surface area contributed by atoms with Gasteiger partial charge in [-0.05, 0) is 37.4 Å². The molecule has 0 aromatic carbocycles. The molecule has 0 radical (unpaired) electrons. The van der Waals surface area contributed by atoms with E-state index in [2.05, 4.69) is 9.67 Å². The summed E-state index contributed by atoms with van der Waals surface area (Å²) in [5.74, 6) is 0. The first-order valence-electron chi connectivity index (χ1n) is 2.96. The Balaban J connectivity index is 3.94. The molecular formula is C5H12Cl2N2O. The minimum absolute atomic E-state index is 0.399. The van der Waals surface area contributed by atoms with Gasteiger partial charge in [-0.2, -0.15) is 0 Å². The van der Waals surface area contributed by atoms with E-state index >= 15 is 0 Å². The molecule has 10 heavy (non-hydrogen) atoms. The molecule has 0 rings (SSSR count). The smallest absolute Gasteiger partial charge is 0.0716 e. The van der Waals surface area contributed by atoms with Crippen LogP contribution in [0.25, 0.3) is 0 Å². The van der Waals surface area contributed by atoms with E-state index < -0.39 is 11.6 Å². The molecule has 3 nitrogen and oxygen atoms in total. The predicted molar refractivity (Wildman–Crippen MR) is 42.9 cm³/mol. The van der Waals surface area contributed by atoms with Gasteiger partial charge >= 0.3 is 0 Å². The number of aliphatic hydroxyl groups excluding tert-OH is 1. The van der Waals surface area contributed by atoms with Gasteiger partial charge in [0.05, 0.1) is 11.6 Å². The number of hydrogen-bond donors (Lipinski definition) is 3. The van der Waals surface area contributed by atoms with Crippen molar-refractivity contribution in [2.45, 2.75) is 25.5 Å². The Kier molecular flexibility index (Phi) is 4.56. The molecule has 3 N–H and O–H groups in total. The molecule has 0 heterocycles. The second kappa shape index (κ2) is 4.36. The third kappa shape index (κ3) is 2.60. The maximum Gasteiger partial charge on any atom is 0.0716 e. The topological polar surface area (TPSA) is 44.3 Å². The van der Waals surface area contributed by atoms with E-state index in [1.54, 1.807) is 13.8 Å². The van der Waals surface area contributed by atoms with E-state index in [0.717, 1.165) is 0 Å². The molecule has 2 unspecified atom stereocenters. The largest absolute Gasteiger partial charge is 0.391 e. The molecule has 0 aromatic rings. The monoisotopic (exact) mass is 186 g/mol. The summed E-state index contributed by atoms with van der Waals surface area (Å²) in [4.78, 5) is 4.86. The highest BCUT2D eigenvalue weighted by Gasteiger charge is 2.28. The summed E-state index contributed by atoms with van der Waals surface area (Å²) < 4.78 is 0. The van der Waals surface area contributed by atoms with Crippen molar-refractivity contribution < 1.29 is 5.11 Å². The lowest BCUT2D eigenvalue weighted by Crippen LogP contribution is -2.52. The maximum absolute atomic E-state index is 9.16. The highest BCUT2D eigenvalue weighted by molar-refractivity contribution is 6.14. The van der Waals surface area contributed by atoms with Crippen molar-refractivity contribution in [1.29, 1.82) is 0 Å². The first-order chi connectivity index (χ1) is 4.56. The number of aliphatic hydroxyl groups is 1. The Morgan fingerprint density at radius 2 is 2.10 bits per heavy atom. The molecule has 0 bridgehead atoms. The number of nitrogens with one attached hydrogen (secondary N) is 2. The predicted octanol–water partition coefficient (Wildman–Crippen LogP) is 0.613. The Hall–Kier alpha value is 0.460. The molecule has 0 aromatic heterocycles. The van der Waals surface area contributed by atoms with Crippen LogP contribution < -0.4 is 9.67 Å². The fourth-order valence-electron chi connectivity index (χ4n) is 0.399. The van der Waals surface area contributed by atoms with Crippen LogP contribution in [0, 0.1) is 0 Å². The molecule has 0 aliphatic rings. The second-order valence-corrected chi connectivity index (χ2v) is 2.95. The Labute approximate surface area is 70.9 Å². The summed E-state index contributed by atoms with van der Waals surface area (Å²) >= 11 is 10.6. The third-order valence-electron chi connectivity index (χ3n) is 1.57. The molecule has 5 heteroatoms. The van der Waals surface area contributed by atoms with Crippen LogP contribution >= 0.6 is 23.6 Å². The number of halogens is 2. The molecule has 0 fully saturated rings. The summed E-state index contributed by atoms with van der Waals surface area (Å²) in [6.45, 7) is 3.80. The van der Waals surface area contributed by atoms with E-state index in [4.69, 9.17) is 28.7 Å². The lowest BCUT2D eigenvalue weighted by atomic mass is 9.98. The number of hydrogen-bond acceptors (Lipinski definition) is 3. The van der Waals surface area contributed by atoms with Crippen LogP contribution in [-0.4, -0.2) is 23.3 Å². The zero-order valence-corrected chi connectivity index (χ0v) is 7.50. The summed E-state index contributed by atoms with van der Waals surface area (Å²) in [5, 5.41) is 9.16. The van der Waals surface area contributed by atoms with Crippen molar-refractivity contribution in [3.05, 3.63) is 0 Å². The summed E-state index contributed by atoms with van der Waals surface area (Å²) in [6, 6.07) is 0. The lowest BCUT2D eigenvalue weighted by molar-refractivity contribution is 0.104. The zero-order valence-electron chi connectivity index (χ0n) is 5.99. The summed E-state index contributed by atoms with van der Waals surface area (Å²) in [5.41, 5.74) is -0.580. The van der Waals surface area contributed by atoms with Crippen LogP contribution in [0.15, 0.2) is 0 Å². The normalized spacial score (nSPS) is 20.1. The van der Waals surface area contributed by atoms with Gasteiger partial charge in [0.25, 0.3) is 0 Å². The van der Waals surface area contributed by atoms with Gasteiger partial charge in [0, 0.05) is 6.54 Å². The summed E-state index contributed by atoms with van der Waals surface area (Å²) in [7, 11) is 0. The van der Waals surface area contributed by atoms with Gasteiger partial charge < -0.3 is 5.11 Å². The Bertz CT molecular complexity index is 102. The maximum atomic E-state index is 9.16. The first kappa shape index (κ1) is 10.5. The van der Waals surface area contributed by atoms with E-state index in [9.17, 15) is 0 Å². The highest BCUT2D eigenvalue weighted by Crippen LogP contribution is 2.09. The fourth-order valence-corrected chi connectivity index (χ4v) is 0.901. The van der Waals surface area contributed by atoms with E-state index in [1.165, 1.54) is 0 Å². The third-order valence-corrected chi connectivity index (χ3v) is 2.14. The second-order valence-electron chi connectivity index (χ2n) is 2.50. The van der Waals surface area contributed by atoms with E-state index in [1.807, 2.05) is 0 Å². The molecule has 0 amide bonds. The molecular weight excluding hydrogens is 175 g/mol. The van der Waals surface area contributed by atoms with Crippen LogP contribution in [-0.2, 0) is 0 Å². The van der Waals surface area contributed by atoms with Gasteiger partial charge in [0.2, 0.25) is 0 Å². The van der Waals surface area contributed by atoms with Gasteiger partial charge in [0.1, 0.15) is 0 Å². The molecule has 2 atom stereocenters. The van der Waals surface area contributed by atoms with Gasteiger partial charge in [0.15, 0.2) is 0 Å². The Morgan fingerprint density at radius 1 is 1.60 bits per heavy atom. The van der Waals surface area contributed by atoms with Crippen LogP contribution in [0.2, 0.25) is 0 Å². The van der Waals surface area contributed by atoms with Crippen molar-refractivity contribution >= 4 is 23.6 Å². The minimum atomic E-state index is -0.580. The van der Waals surface area contributed by atoms with Crippen molar-refractivity contribution in [3.8, 4) is 0 Å².